The smallest absolute Gasteiger partial charge is 0.215 e. The van der Waals surface area contributed by atoms with E-state index in [1.54, 1.807) is 17.8 Å². The predicted octanol–water partition coefficient (Wildman–Crippen LogP) is 3.14. The van der Waals surface area contributed by atoms with Crippen molar-refractivity contribution in [1.29, 1.82) is 0 Å². The lowest BCUT2D eigenvalue weighted by molar-refractivity contribution is 0.603. The molecule has 0 saturated carbocycles. The molecule has 0 bridgehead atoms. The van der Waals surface area contributed by atoms with Gasteiger partial charge in [-0.1, -0.05) is 12.1 Å². The molecule has 8 nitrogen and oxygen atoms in total. The van der Waals surface area contributed by atoms with Crippen LogP contribution >= 0.6 is 23.1 Å². The minimum Gasteiger partial charge on any atom is -0.463 e. The van der Waals surface area contributed by atoms with E-state index in [9.17, 15) is 4.79 Å². The van der Waals surface area contributed by atoms with Gasteiger partial charge >= 0.3 is 0 Å². The van der Waals surface area contributed by atoms with Crippen molar-refractivity contribution >= 4 is 44.3 Å². The number of tetrazole rings is 1. The van der Waals surface area contributed by atoms with Crippen molar-refractivity contribution in [1.82, 2.24) is 30.2 Å². The normalized spacial score (nSPS) is 11.4. The van der Waals surface area contributed by atoms with E-state index in [1.165, 1.54) is 41.8 Å². The lowest BCUT2D eigenvalue weighted by Crippen LogP contribution is -1.98. The molecule has 0 radical (unpaired) electrons. The molecule has 1 aromatic carbocycles. The van der Waals surface area contributed by atoms with Gasteiger partial charge in [0.2, 0.25) is 5.16 Å². The van der Waals surface area contributed by atoms with E-state index in [2.05, 4.69) is 25.5 Å². The zero-order valence-electron chi connectivity index (χ0n) is 13.9. The van der Waals surface area contributed by atoms with E-state index in [4.69, 9.17) is 4.42 Å². The lowest BCUT2D eigenvalue weighted by Gasteiger charge is -2.06. The summed E-state index contributed by atoms with van der Waals surface area (Å²) < 4.78 is 7.27. The van der Waals surface area contributed by atoms with Crippen LogP contribution in [-0.4, -0.2) is 30.2 Å². The summed E-state index contributed by atoms with van der Waals surface area (Å²) in [6, 6.07) is 6.96. The Morgan fingerprint density at radius 1 is 1.19 bits per heavy atom. The van der Waals surface area contributed by atoms with Crippen molar-refractivity contribution in [3.05, 3.63) is 52.5 Å². The van der Waals surface area contributed by atoms with E-state index < -0.39 is 0 Å². The minimum absolute atomic E-state index is 0.0753. The van der Waals surface area contributed by atoms with Crippen LogP contribution in [0.3, 0.4) is 0 Å². The lowest BCUT2D eigenvalue weighted by atomic mass is 10.0. The molecule has 4 heterocycles. The molecule has 0 saturated heterocycles. The first-order valence-electron chi connectivity index (χ1n) is 7.85. The topological polar surface area (TPSA) is 99.6 Å². The molecule has 0 aliphatic heterocycles. The highest BCUT2D eigenvalue weighted by Crippen LogP contribution is 2.41. The Bertz CT molecular complexity index is 1360. The highest BCUT2D eigenvalue weighted by atomic mass is 32.2. The Kier molecular flexibility index (Phi) is 3.73. The van der Waals surface area contributed by atoms with Gasteiger partial charge in [-0.3, -0.25) is 4.79 Å². The average Bonchev–Trinajstić information content (AvgIpc) is 3.29. The fourth-order valence-corrected chi connectivity index (χ4v) is 4.64. The van der Waals surface area contributed by atoms with E-state index in [1.807, 2.05) is 17.5 Å². The van der Waals surface area contributed by atoms with Gasteiger partial charge in [0.15, 0.2) is 5.43 Å². The van der Waals surface area contributed by atoms with Gasteiger partial charge in [-0.2, -0.15) is 0 Å². The SMILES string of the molecule is Cn1nnnc1Sc1ncnc2scc(-c3cccc4c(=O)ccoc34)c12. The van der Waals surface area contributed by atoms with Crippen LogP contribution in [0.15, 0.2) is 61.6 Å². The number of hydrogen-bond acceptors (Lipinski definition) is 9. The van der Waals surface area contributed by atoms with Crippen LogP contribution in [0.1, 0.15) is 0 Å². The Morgan fingerprint density at radius 2 is 2.11 bits per heavy atom. The van der Waals surface area contributed by atoms with Gasteiger partial charge in [-0.05, 0) is 28.3 Å². The van der Waals surface area contributed by atoms with E-state index in [-0.39, 0.29) is 5.43 Å². The van der Waals surface area contributed by atoms with Crippen LogP contribution in [0, 0.1) is 0 Å². The van der Waals surface area contributed by atoms with Gasteiger partial charge in [0, 0.05) is 29.6 Å². The summed E-state index contributed by atoms with van der Waals surface area (Å²) in [6.45, 7) is 0. The molecule has 5 rings (SSSR count). The molecule has 0 aliphatic carbocycles. The first-order chi connectivity index (χ1) is 13.2. The molecule has 10 heteroatoms. The van der Waals surface area contributed by atoms with Gasteiger partial charge in [0.1, 0.15) is 21.8 Å². The van der Waals surface area contributed by atoms with Gasteiger partial charge < -0.3 is 4.42 Å². The number of rotatable bonds is 3. The molecular weight excluding hydrogens is 384 g/mol. The first kappa shape index (κ1) is 16.1. The van der Waals surface area contributed by atoms with Crippen molar-refractivity contribution in [3.8, 4) is 11.1 Å². The maximum atomic E-state index is 12.2. The van der Waals surface area contributed by atoms with Gasteiger partial charge in [0.05, 0.1) is 17.0 Å². The number of fused-ring (bicyclic) bond motifs is 2. The maximum absolute atomic E-state index is 12.2. The summed E-state index contributed by atoms with van der Waals surface area (Å²) in [4.78, 5) is 21.8. The fraction of sp³-hybridized carbons (Fsp3) is 0.0588. The maximum Gasteiger partial charge on any atom is 0.215 e. The molecule has 4 aromatic heterocycles. The molecule has 0 aliphatic rings. The average molecular weight is 394 g/mol. The molecule has 0 spiro atoms. The van der Waals surface area contributed by atoms with Crippen LogP contribution in [0.2, 0.25) is 0 Å². The molecule has 0 fully saturated rings. The minimum atomic E-state index is -0.0753. The fourth-order valence-electron chi connectivity index (χ4n) is 2.84. The molecule has 0 atom stereocenters. The highest BCUT2D eigenvalue weighted by Gasteiger charge is 2.18. The van der Waals surface area contributed by atoms with Crippen LogP contribution in [0.5, 0.6) is 0 Å². The summed E-state index contributed by atoms with van der Waals surface area (Å²) >= 11 is 2.87. The third-order valence-electron chi connectivity index (χ3n) is 4.08. The van der Waals surface area contributed by atoms with Crippen molar-refractivity contribution in [2.24, 2.45) is 7.05 Å². The number of benzene rings is 1. The van der Waals surface area contributed by atoms with Crippen molar-refractivity contribution in [2.45, 2.75) is 10.2 Å². The largest absolute Gasteiger partial charge is 0.463 e. The number of thiophene rings is 1. The van der Waals surface area contributed by atoms with Gasteiger partial charge in [-0.15, -0.1) is 16.4 Å². The van der Waals surface area contributed by atoms with Gasteiger partial charge in [0.25, 0.3) is 0 Å². The Balaban J connectivity index is 1.77. The molecular formula is C17H10N6O2S2. The number of hydrogen-bond donors (Lipinski definition) is 0. The Hall–Kier alpha value is -3.11. The van der Waals surface area contributed by atoms with Crippen molar-refractivity contribution < 1.29 is 4.42 Å². The second-order valence-corrected chi connectivity index (χ2v) is 7.48. The first-order valence-corrected chi connectivity index (χ1v) is 9.55. The molecule has 0 unspecified atom stereocenters. The summed E-state index contributed by atoms with van der Waals surface area (Å²) in [5, 5.41) is 16.3. The molecule has 0 N–H and O–H groups in total. The zero-order chi connectivity index (χ0) is 18.4. The number of aromatic nitrogens is 6. The van der Waals surface area contributed by atoms with Crippen LogP contribution in [-0.2, 0) is 7.05 Å². The van der Waals surface area contributed by atoms with Crippen molar-refractivity contribution in [3.63, 3.8) is 0 Å². The third kappa shape index (κ3) is 2.61. The Morgan fingerprint density at radius 3 is 2.96 bits per heavy atom. The summed E-state index contributed by atoms with van der Waals surface area (Å²) in [6.07, 6.45) is 2.94. The predicted molar refractivity (Wildman–Crippen MR) is 102 cm³/mol. The zero-order valence-corrected chi connectivity index (χ0v) is 15.5. The number of aryl methyl sites for hydroxylation is 1. The second kappa shape index (κ2) is 6.25. The molecule has 132 valence electrons. The number of nitrogens with zero attached hydrogens (tertiary/aromatic N) is 6. The van der Waals surface area contributed by atoms with E-state index in [0.717, 1.165) is 26.4 Å². The summed E-state index contributed by atoms with van der Waals surface area (Å²) in [5.74, 6) is 0. The van der Waals surface area contributed by atoms with Crippen molar-refractivity contribution in [2.75, 3.05) is 0 Å². The van der Waals surface area contributed by atoms with E-state index in [0.29, 0.717) is 16.1 Å². The third-order valence-corrected chi connectivity index (χ3v) is 6.00. The molecule has 27 heavy (non-hydrogen) atoms. The van der Waals surface area contributed by atoms with Gasteiger partial charge in [-0.25, -0.2) is 14.6 Å². The highest BCUT2D eigenvalue weighted by molar-refractivity contribution is 7.99. The summed E-state index contributed by atoms with van der Waals surface area (Å²) in [7, 11) is 1.77. The van der Waals surface area contributed by atoms with Crippen LogP contribution in [0.25, 0.3) is 32.3 Å². The monoisotopic (exact) mass is 394 g/mol. The summed E-state index contributed by atoms with van der Waals surface area (Å²) in [5.41, 5.74) is 2.20. The Labute approximate surface area is 159 Å². The van der Waals surface area contributed by atoms with Crippen LogP contribution in [0.4, 0.5) is 0 Å². The molecule has 5 aromatic rings. The van der Waals surface area contributed by atoms with E-state index >= 15 is 0 Å². The number of para-hydroxylation sites is 1. The molecule has 0 amide bonds. The standard InChI is InChI=1S/C17H10N6O2S2/c1-23-17(20-21-22-23)27-16-13-11(7-26-15(13)18-8-19-16)9-3-2-4-10-12(24)5-6-25-14(9)10/h2-8H,1H3. The van der Waals surface area contributed by atoms with Crippen LogP contribution < -0.4 is 5.43 Å². The quantitative estimate of drug-likeness (QED) is 0.430. The second-order valence-electron chi connectivity index (χ2n) is 5.66.